The highest BCUT2D eigenvalue weighted by molar-refractivity contribution is 6.07. The molecule has 10 nitrogen and oxygen atoms in total. The van der Waals surface area contributed by atoms with E-state index in [2.05, 4.69) is 5.32 Å². The highest BCUT2D eigenvalue weighted by Crippen LogP contribution is 2.44. The third-order valence-corrected chi connectivity index (χ3v) is 8.38. The minimum Gasteiger partial charge on any atom is -0.377 e. The van der Waals surface area contributed by atoms with Gasteiger partial charge in [0.2, 0.25) is 0 Å². The largest absolute Gasteiger partial charge is 0.416 e. The zero-order chi connectivity index (χ0) is 34.2. The summed E-state index contributed by atoms with van der Waals surface area (Å²) in [5.74, 6) is -3.73. The lowest BCUT2D eigenvalue weighted by Crippen LogP contribution is -2.56. The Balaban J connectivity index is 1.57. The van der Waals surface area contributed by atoms with Crippen LogP contribution in [0.3, 0.4) is 0 Å². The van der Waals surface area contributed by atoms with Crippen molar-refractivity contribution in [3.05, 3.63) is 113 Å². The summed E-state index contributed by atoms with van der Waals surface area (Å²) in [7, 11) is 0. The number of fused-ring (bicyclic) bond motifs is 1. The number of alkyl halides is 3. The predicted molar refractivity (Wildman–Crippen MR) is 164 cm³/mol. The Morgan fingerprint density at radius 2 is 1.77 bits per heavy atom. The van der Waals surface area contributed by atoms with Crippen LogP contribution in [0.25, 0.3) is 5.69 Å². The van der Waals surface area contributed by atoms with Crippen molar-refractivity contribution in [2.75, 3.05) is 31.2 Å². The first kappa shape index (κ1) is 32.4. The molecular formula is C34H28F4N6O4. The zero-order valence-electron chi connectivity index (χ0n) is 25.4. The lowest BCUT2D eigenvalue weighted by molar-refractivity contribution is -0.137. The van der Waals surface area contributed by atoms with Crippen LogP contribution in [0.5, 0.6) is 0 Å². The maximum absolute atomic E-state index is 14.4. The Labute approximate surface area is 272 Å². The van der Waals surface area contributed by atoms with Crippen molar-refractivity contribution in [2.45, 2.75) is 31.1 Å². The standard InChI is InChI=1S/C34H28F4N6O4/c1-2-42-31-27(29(41-44(31)24-9-4-3-5-10-24)33(47)43(16-15-39)25-18-48-19-25)26(20-11-13-23(35)14-12-20)28(32(42)46)40-30(45)21-7-6-8-22(17-21)34(36,37)38/h3-14,17,25-26,28H,2,16,18-19H2,1H3,(H,40,45)/t26?,28-/m0/s1. The minimum atomic E-state index is -4.72. The molecule has 0 radical (unpaired) electrons. The van der Waals surface area contributed by atoms with E-state index in [1.54, 1.807) is 37.3 Å². The number of rotatable bonds is 8. The first-order valence-electron chi connectivity index (χ1n) is 15.0. The third kappa shape index (κ3) is 5.88. The van der Waals surface area contributed by atoms with Crippen LogP contribution in [0.15, 0.2) is 78.9 Å². The summed E-state index contributed by atoms with van der Waals surface area (Å²) in [6.45, 7) is 1.86. The fourth-order valence-corrected chi connectivity index (χ4v) is 5.98. The molecule has 0 aliphatic carbocycles. The van der Waals surface area contributed by atoms with Gasteiger partial charge in [0.05, 0.1) is 36.6 Å². The fourth-order valence-electron chi connectivity index (χ4n) is 5.98. The average molecular weight is 661 g/mol. The normalized spacial score (nSPS) is 17.7. The molecule has 1 saturated heterocycles. The van der Waals surface area contributed by atoms with Gasteiger partial charge in [0.15, 0.2) is 5.69 Å². The van der Waals surface area contributed by atoms with Gasteiger partial charge in [-0.3, -0.25) is 19.3 Å². The summed E-state index contributed by atoms with van der Waals surface area (Å²) in [5.41, 5.74) is -0.458. The van der Waals surface area contributed by atoms with Crippen molar-refractivity contribution in [2.24, 2.45) is 0 Å². The van der Waals surface area contributed by atoms with Gasteiger partial charge in [-0.25, -0.2) is 9.07 Å². The van der Waals surface area contributed by atoms with E-state index < -0.39 is 53.3 Å². The quantitative estimate of drug-likeness (QED) is 0.216. The summed E-state index contributed by atoms with van der Waals surface area (Å²) in [5, 5.41) is 16.9. The number of hydrogen-bond acceptors (Lipinski definition) is 6. The van der Waals surface area contributed by atoms with E-state index in [4.69, 9.17) is 9.84 Å². The number of carbonyl (C=O) groups is 3. The van der Waals surface area contributed by atoms with Crippen molar-refractivity contribution in [1.29, 1.82) is 5.26 Å². The Morgan fingerprint density at radius 1 is 1.06 bits per heavy atom. The van der Waals surface area contributed by atoms with Crippen molar-refractivity contribution in [3.8, 4) is 11.8 Å². The maximum Gasteiger partial charge on any atom is 0.416 e. The van der Waals surface area contributed by atoms with Gasteiger partial charge >= 0.3 is 6.18 Å². The number of amides is 3. The SMILES string of the molecule is CCN1C(=O)[C@@H](NC(=O)c2cccc(C(F)(F)F)c2)C(c2ccc(F)cc2)c2c(C(=O)N(CC#N)C3COC3)nn(-c3ccccc3)c21. The molecule has 1 fully saturated rings. The molecule has 6 rings (SSSR count). The Bertz CT molecular complexity index is 1900. The molecular weight excluding hydrogens is 632 g/mol. The van der Waals surface area contributed by atoms with E-state index in [1.807, 2.05) is 6.07 Å². The topological polar surface area (TPSA) is 121 Å². The molecule has 4 aromatic rings. The second kappa shape index (κ2) is 12.9. The lowest BCUT2D eigenvalue weighted by Gasteiger charge is -2.39. The second-order valence-electron chi connectivity index (χ2n) is 11.3. The number of ether oxygens (including phenoxy) is 1. The summed E-state index contributed by atoms with van der Waals surface area (Å²) in [4.78, 5) is 45.0. The molecule has 0 bridgehead atoms. The molecule has 1 N–H and O–H groups in total. The number of nitrogens with zero attached hydrogens (tertiary/aromatic N) is 5. The maximum atomic E-state index is 14.4. The molecule has 1 unspecified atom stereocenters. The third-order valence-electron chi connectivity index (χ3n) is 8.38. The zero-order valence-corrected chi connectivity index (χ0v) is 25.4. The molecule has 3 amide bonds. The number of halogens is 4. The van der Waals surface area contributed by atoms with Gasteiger partial charge in [-0.2, -0.15) is 23.5 Å². The van der Waals surface area contributed by atoms with Gasteiger partial charge in [-0.15, -0.1) is 0 Å². The highest BCUT2D eigenvalue weighted by atomic mass is 19.4. The number of likely N-dealkylation sites (N-methyl/N-ethyl adjacent to an activating group) is 1. The van der Waals surface area contributed by atoms with Crippen LogP contribution >= 0.6 is 0 Å². The minimum absolute atomic E-state index is 0.0580. The van der Waals surface area contributed by atoms with E-state index in [1.165, 1.54) is 32.7 Å². The van der Waals surface area contributed by atoms with Gasteiger partial charge < -0.3 is 15.0 Å². The van der Waals surface area contributed by atoms with E-state index in [9.17, 15) is 37.2 Å². The van der Waals surface area contributed by atoms with Crippen molar-refractivity contribution in [1.82, 2.24) is 20.0 Å². The fraction of sp³-hybridized carbons (Fsp3) is 0.265. The molecule has 3 heterocycles. The van der Waals surface area contributed by atoms with Crippen LogP contribution in [0, 0.1) is 17.1 Å². The Kier molecular flexibility index (Phi) is 8.72. The Morgan fingerprint density at radius 3 is 2.38 bits per heavy atom. The number of aromatic nitrogens is 2. The molecule has 2 aliphatic rings. The van der Waals surface area contributed by atoms with Crippen LogP contribution in [0.1, 0.15) is 50.4 Å². The molecule has 246 valence electrons. The number of nitriles is 1. The highest BCUT2D eigenvalue weighted by Gasteiger charge is 2.48. The van der Waals surface area contributed by atoms with Crippen LogP contribution < -0.4 is 10.2 Å². The number of carbonyl (C=O) groups excluding carboxylic acids is 3. The number of hydrogen-bond donors (Lipinski definition) is 1. The van der Waals surface area contributed by atoms with Crippen molar-refractivity contribution in [3.63, 3.8) is 0 Å². The van der Waals surface area contributed by atoms with E-state index in [-0.39, 0.29) is 48.9 Å². The van der Waals surface area contributed by atoms with Crippen LogP contribution in [0.4, 0.5) is 23.4 Å². The lowest BCUT2D eigenvalue weighted by atomic mass is 9.80. The average Bonchev–Trinajstić information content (AvgIpc) is 3.44. The molecule has 48 heavy (non-hydrogen) atoms. The van der Waals surface area contributed by atoms with Crippen LogP contribution in [-0.4, -0.2) is 70.8 Å². The first-order chi connectivity index (χ1) is 23.0. The van der Waals surface area contributed by atoms with Gasteiger partial charge in [-0.05, 0) is 55.0 Å². The van der Waals surface area contributed by atoms with Gasteiger partial charge in [-0.1, -0.05) is 36.4 Å². The summed E-state index contributed by atoms with van der Waals surface area (Å²) in [6.07, 6.45) is -4.72. The molecule has 2 atom stereocenters. The second-order valence-corrected chi connectivity index (χ2v) is 11.3. The van der Waals surface area contributed by atoms with Gasteiger partial charge in [0.1, 0.15) is 24.2 Å². The number of benzene rings is 3. The number of anilines is 1. The van der Waals surface area contributed by atoms with Crippen LogP contribution in [0.2, 0.25) is 0 Å². The Hall–Kier alpha value is -5.55. The molecule has 0 spiro atoms. The van der Waals surface area contributed by atoms with E-state index in [0.717, 1.165) is 24.3 Å². The van der Waals surface area contributed by atoms with Gasteiger partial charge in [0.25, 0.3) is 17.7 Å². The molecule has 14 heteroatoms. The molecule has 2 aliphatic heterocycles. The number of para-hydroxylation sites is 1. The summed E-state index contributed by atoms with van der Waals surface area (Å²) in [6, 6.07) is 17.8. The van der Waals surface area contributed by atoms with Crippen molar-refractivity contribution >= 4 is 23.5 Å². The summed E-state index contributed by atoms with van der Waals surface area (Å²) < 4.78 is 61.4. The number of nitrogens with one attached hydrogen (secondary N) is 1. The molecule has 3 aromatic carbocycles. The monoisotopic (exact) mass is 660 g/mol. The molecule has 0 saturated carbocycles. The smallest absolute Gasteiger partial charge is 0.377 e. The van der Waals surface area contributed by atoms with E-state index in [0.29, 0.717) is 17.3 Å². The first-order valence-corrected chi connectivity index (χ1v) is 15.0. The van der Waals surface area contributed by atoms with Crippen molar-refractivity contribution < 1.29 is 36.7 Å². The van der Waals surface area contributed by atoms with E-state index >= 15 is 0 Å². The molecule has 1 aromatic heterocycles. The van der Waals surface area contributed by atoms with Crippen LogP contribution in [-0.2, 0) is 15.7 Å². The van der Waals surface area contributed by atoms with Gasteiger partial charge in [0, 0.05) is 23.6 Å². The predicted octanol–water partition coefficient (Wildman–Crippen LogP) is 4.69. The summed E-state index contributed by atoms with van der Waals surface area (Å²) >= 11 is 0.